The van der Waals surface area contributed by atoms with Crippen molar-refractivity contribution in [3.05, 3.63) is 65.2 Å². The van der Waals surface area contributed by atoms with Crippen LogP contribution in [0.4, 0.5) is 0 Å². The summed E-state index contributed by atoms with van der Waals surface area (Å²) in [6.07, 6.45) is 2.46. The minimum Gasteiger partial charge on any atom is -0.497 e. The van der Waals surface area contributed by atoms with Crippen LogP contribution in [-0.2, 0) is 6.54 Å². The summed E-state index contributed by atoms with van der Waals surface area (Å²) in [4.78, 5) is 18.8. The van der Waals surface area contributed by atoms with E-state index in [9.17, 15) is 4.79 Å². The molecule has 1 saturated heterocycles. The maximum absolute atomic E-state index is 11.9. The third-order valence-electron chi connectivity index (χ3n) is 5.62. The molecule has 1 heterocycles. The number of benzene rings is 2. The summed E-state index contributed by atoms with van der Waals surface area (Å²) in [6, 6.07) is 16.1. The molecule has 0 aliphatic carbocycles. The van der Waals surface area contributed by atoms with E-state index in [2.05, 4.69) is 38.0 Å². The van der Waals surface area contributed by atoms with Crippen molar-refractivity contribution in [1.29, 1.82) is 0 Å². The van der Waals surface area contributed by atoms with Crippen molar-refractivity contribution in [1.82, 2.24) is 20.9 Å². The number of nitrogens with one attached hydrogen (secondary N) is 3. The summed E-state index contributed by atoms with van der Waals surface area (Å²) in [7, 11) is 5.11. The van der Waals surface area contributed by atoms with Crippen molar-refractivity contribution >= 4 is 11.9 Å². The standard InChI is InChI=1S/C24H33N5O2/c1-25-23(30)20-10-6-8-18(14-20)16-27-24(26-2)28-17-22(29-12-4-5-13-29)19-9-7-11-21(15-19)31-3/h6-11,14-15,22H,4-5,12-13,16-17H2,1-3H3,(H,25,30)(H2,26,27,28). The molecule has 2 aromatic rings. The molecular weight excluding hydrogens is 390 g/mol. The molecule has 1 atom stereocenters. The molecule has 3 rings (SSSR count). The number of carbonyl (C=O) groups is 1. The van der Waals surface area contributed by atoms with Gasteiger partial charge in [0.05, 0.1) is 13.2 Å². The molecule has 1 aliphatic heterocycles. The molecule has 0 spiro atoms. The van der Waals surface area contributed by atoms with Gasteiger partial charge in [0.2, 0.25) is 0 Å². The van der Waals surface area contributed by atoms with Crippen LogP contribution in [-0.4, -0.2) is 57.6 Å². The van der Waals surface area contributed by atoms with Gasteiger partial charge in [0.15, 0.2) is 5.96 Å². The molecule has 31 heavy (non-hydrogen) atoms. The fourth-order valence-electron chi connectivity index (χ4n) is 3.93. The fourth-order valence-corrected chi connectivity index (χ4v) is 3.93. The Hall–Kier alpha value is -3.06. The van der Waals surface area contributed by atoms with E-state index < -0.39 is 0 Å². The third-order valence-corrected chi connectivity index (χ3v) is 5.62. The second kappa shape index (κ2) is 11.4. The zero-order valence-corrected chi connectivity index (χ0v) is 18.6. The minimum absolute atomic E-state index is 0.0869. The second-order valence-electron chi connectivity index (χ2n) is 7.62. The molecule has 1 unspecified atom stereocenters. The normalized spacial score (nSPS) is 15.4. The molecule has 7 heteroatoms. The molecule has 1 amide bonds. The predicted molar refractivity (Wildman–Crippen MR) is 125 cm³/mol. The molecule has 0 bridgehead atoms. The lowest BCUT2D eigenvalue weighted by Crippen LogP contribution is -2.42. The van der Waals surface area contributed by atoms with Gasteiger partial charge in [-0.25, -0.2) is 0 Å². The summed E-state index contributed by atoms with van der Waals surface area (Å²) in [5, 5.41) is 9.49. The van der Waals surface area contributed by atoms with Crippen molar-refractivity contribution in [3.63, 3.8) is 0 Å². The van der Waals surface area contributed by atoms with Crippen LogP contribution in [0.5, 0.6) is 5.75 Å². The van der Waals surface area contributed by atoms with E-state index in [4.69, 9.17) is 4.74 Å². The zero-order valence-electron chi connectivity index (χ0n) is 18.6. The third kappa shape index (κ3) is 6.21. The first-order chi connectivity index (χ1) is 15.1. The Balaban J connectivity index is 1.63. The summed E-state index contributed by atoms with van der Waals surface area (Å²) >= 11 is 0. The van der Waals surface area contributed by atoms with E-state index in [0.717, 1.165) is 36.9 Å². The number of guanidine groups is 1. The molecule has 0 saturated carbocycles. The van der Waals surface area contributed by atoms with E-state index >= 15 is 0 Å². The number of hydrogen-bond acceptors (Lipinski definition) is 4. The van der Waals surface area contributed by atoms with Gasteiger partial charge in [-0.1, -0.05) is 24.3 Å². The van der Waals surface area contributed by atoms with Crippen molar-refractivity contribution in [2.24, 2.45) is 4.99 Å². The summed E-state index contributed by atoms with van der Waals surface area (Å²) in [5.41, 5.74) is 2.91. The highest BCUT2D eigenvalue weighted by Gasteiger charge is 2.24. The van der Waals surface area contributed by atoms with Gasteiger partial charge in [-0.3, -0.25) is 14.7 Å². The quantitative estimate of drug-likeness (QED) is 0.449. The molecule has 7 nitrogen and oxygen atoms in total. The number of ether oxygens (including phenoxy) is 1. The van der Waals surface area contributed by atoms with Crippen LogP contribution in [0.2, 0.25) is 0 Å². The average Bonchev–Trinajstić information content (AvgIpc) is 3.35. The van der Waals surface area contributed by atoms with Crippen LogP contribution >= 0.6 is 0 Å². The smallest absolute Gasteiger partial charge is 0.251 e. The first kappa shape index (κ1) is 22.6. The zero-order chi connectivity index (χ0) is 22.1. The number of carbonyl (C=O) groups excluding carboxylic acids is 1. The Bertz CT molecular complexity index is 893. The number of nitrogens with zero attached hydrogens (tertiary/aromatic N) is 2. The van der Waals surface area contributed by atoms with Gasteiger partial charge < -0.3 is 20.7 Å². The largest absolute Gasteiger partial charge is 0.497 e. The lowest BCUT2D eigenvalue weighted by atomic mass is 10.1. The lowest BCUT2D eigenvalue weighted by molar-refractivity contribution is 0.0963. The number of hydrogen-bond donors (Lipinski definition) is 3. The van der Waals surface area contributed by atoms with Crippen LogP contribution in [0, 0.1) is 0 Å². The Morgan fingerprint density at radius 3 is 2.61 bits per heavy atom. The number of rotatable bonds is 8. The van der Waals surface area contributed by atoms with Crippen molar-refractivity contribution < 1.29 is 9.53 Å². The highest BCUT2D eigenvalue weighted by atomic mass is 16.5. The number of methoxy groups -OCH3 is 1. The monoisotopic (exact) mass is 423 g/mol. The van der Waals surface area contributed by atoms with Crippen LogP contribution < -0.4 is 20.7 Å². The second-order valence-corrected chi connectivity index (χ2v) is 7.62. The van der Waals surface area contributed by atoms with E-state index in [0.29, 0.717) is 12.1 Å². The van der Waals surface area contributed by atoms with E-state index in [1.807, 2.05) is 36.4 Å². The van der Waals surface area contributed by atoms with Gasteiger partial charge in [-0.2, -0.15) is 0 Å². The highest BCUT2D eigenvalue weighted by Crippen LogP contribution is 2.27. The number of aliphatic imine (C=N–C) groups is 1. The van der Waals surface area contributed by atoms with E-state index in [1.165, 1.54) is 18.4 Å². The molecule has 1 aliphatic rings. The SMILES string of the molecule is CN=C(NCc1cccc(C(=O)NC)c1)NCC(c1cccc(OC)c1)N1CCCC1. The van der Waals surface area contributed by atoms with E-state index in [1.54, 1.807) is 21.2 Å². The lowest BCUT2D eigenvalue weighted by Gasteiger charge is -2.29. The first-order valence-electron chi connectivity index (χ1n) is 10.8. The van der Waals surface area contributed by atoms with Crippen LogP contribution in [0.15, 0.2) is 53.5 Å². The molecule has 1 fully saturated rings. The molecule has 0 radical (unpaired) electrons. The molecule has 3 N–H and O–H groups in total. The first-order valence-corrected chi connectivity index (χ1v) is 10.8. The summed E-state index contributed by atoms with van der Waals surface area (Å²) < 4.78 is 5.43. The van der Waals surface area contributed by atoms with Crippen molar-refractivity contribution in [2.75, 3.05) is 40.8 Å². The van der Waals surface area contributed by atoms with Gasteiger partial charge in [0.1, 0.15) is 5.75 Å². The maximum Gasteiger partial charge on any atom is 0.251 e. The van der Waals surface area contributed by atoms with Crippen molar-refractivity contribution in [2.45, 2.75) is 25.4 Å². The fraction of sp³-hybridized carbons (Fsp3) is 0.417. The van der Waals surface area contributed by atoms with Crippen molar-refractivity contribution in [3.8, 4) is 5.75 Å². The average molecular weight is 424 g/mol. The molecule has 2 aromatic carbocycles. The topological polar surface area (TPSA) is 78.0 Å². The van der Waals surface area contributed by atoms with Crippen LogP contribution in [0.1, 0.15) is 40.4 Å². The number of likely N-dealkylation sites (tertiary alicyclic amines) is 1. The number of amides is 1. The Kier molecular flexibility index (Phi) is 8.29. The van der Waals surface area contributed by atoms with Crippen LogP contribution in [0.3, 0.4) is 0 Å². The van der Waals surface area contributed by atoms with Gasteiger partial charge in [0.25, 0.3) is 5.91 Å². The van der Waals surface area contributed by atoms with Gasteiger partial charge in [0, 0.05) is 32.7 Å². The van der Waals surface area contributed by atoms with Gasteiger partial charge in [-0.05, 0) is 61.3 Å². The minimum atomic E-state index is -0.0869. The van der Waals surface area contributed by atoms with Gasteiger partial charge >= 0.3 is 0 Å². The molecule has 166 valence electrons. The summed E-state index contributed by atoms with van der Waals surface area (Å²) in [6.45, 7) is 3.52. The maximum atomic E-state index is 11.9. The Labute approximate surface area is 184 Å². The predicted octanol–water partition coefficient (Wildman–Crippen LogP) is 2.56. The van der Waals surface area contributed by atoms with E-state index in [-0.39, 0.29) is 11.9 Å². The Morgan fingerprint density at radius 1 is 1.13 bits per heavy atom. The molecule has 0 aromatic heterocycles. The highest BCUT2D eigenvalue weighted by molar-refractivity contribution is 5.94. The Morgan fingerprint density at radius 2 is 1.90 bits per heavy atom. The van der Waals surface area contributed by atoms with Crippen LogP contribution in [0.25, 0.3) is 0 Å². The summed E-state index contributed by atoms with van der Waals surface area (Å²) in [5.74, 6) is 1.52. The molecular formula is C24H33N5O2. The van der Waals surface area contributed by atoms with Gasteiger partial charge in [-0.15, -0.1) is 0 Å².